The fourth-order valence-corrected chi connectivity index (χ4v) is 3.12. The van der Waals surface area contributed by atoms with Crippen LogP contribution in [0.1, 0.15) is 24.3 Å². The molecule has 0 unspecified atom stereocenters. The van der Waals surface area contributed by atoms with Crippen molar-refractivity contribution in [3.05, 3.63) is 71.5 Å². The number of benzene rings is 2. The van der Waals surface area contributed by atoms with E-state index < -0.39 is 10.0 Å². The van der Waals surface area contributed by atoms with Gasteiger partial charge in [-0.2, -0.15) is 0 Å². The number of aromatic nitrogens is 1. The molecule has 0 fully saturated rings. The molecule has 0 aliphatic carbocycles. The van der Waals surface area contributed by atoms with Gasteiger partial charge in [-0.15, -0.1) is 0 Å². The van der Waals surface area contributed by atoms with Gasteiger partial charge >= 0.3 is 0 Å². The average molecular weight is 342 g/mol. The molecule has 0 aliphatic heterocycles. The van der Waals surface area contributed by atoms with Crippen LogP contribution >= 0.6 is 0 Å². The van der Waals surface area contributed by atoms with Crippen LogP contribution in [-0.4, -0.2) is 19.9 Å². The average Bonchev–Trinajstić information content (AvgIpc) is 3.03. The molecule has 0 aliphatic rings. The molecule has 1 heterocycles. The van der Waals surface area contributed by atoms with Crippen LogP contribution in [0.25, 0.3) is 17.2 Å². The number of hydrogen-bond donors (Lipinski definition) is 1. The molecular formula is C18H18N2O3S. The minimum Gasteiger partial charge on any atom is -0.440 e. The first-order valence-electron chi connectivity index (χ1n) is 7.62. The summed E-state index contributed by atoms with van der Waals surface area (Å²) in [5, 5.41) is 1.17. The molecule has 0 radical (unpaired) electrons. The molecule has 5 nitrogen and oxygen atoms in total. The van der Waals surface area contributed by atoms with E-state index in [1.165, 1.54) is 5.41 Å². The smallest absolute Gasteiger partial charge is 0.233 e. The highest BCUT2D eigenvalue weighted by atomic mass is 32.2. The lowest BCUT2D eigenvalue weighted by Crippen LogP contribution is -2.25. The molecule has 0 saturated heterocycles. The summed E-state index contributed by atoms with van der Waals surface area (Å²) in [5.41, 5.74) is 2.30. The van der Waals surface area contributed by atoms with Crippen molar-refractivity contribution in [2.45, 2.75) is 12.8 Å². The number of sulfonamides is 1. The van der Waals surface area contributed by atoms with Crippen molar-refractivity contribution in [3.8, 4) is 0 Å². The van der Waals surface area contributed by atoms with Gasteiger partial charge in [0.2, 0.25) is 10.0 Å². The first kappa shape index (κ1) is 16.4. The zero-order valence-electron chi connectivity index (χ0n) is 13.2. The van der Waals surface area contributed by atoms with Crippen molar-refractivity contribution in [1.82, 2.24) is 9.71 Å². The van der Waals surface area contributed by atoms with Gasteiger partial charge in [0.15, 0.2) is 11.5 Å². The summed E-state index contributed by atoms with van der Waals surface area (Å²) >= 11 is 0. The van der Waals surface area contributed by atoms with Crippen LogP contribution in [0.2, 0.25) is 0 Å². The number of nitrogens with zero attached hydrogens (tertiary/aromatic N) is 1. The zero-order chi connectivity index (χ0) is 17.0. The first-order valence-corrected chi connectivity index (χ1v) is 9.16. The quantitative estimate of drug-likeness (QED) is 0.744. The van der Waals surface area contributed by atoms with Crippen LogP contribution in [0, 0.1) is 0 Å². The SMILES string of the molecule is C[C@H](CNS(=O)(=O)/C=C\c1ccccc1)c1nc2ccccc2o1. The summed E-state index contributed by atoms with van der Waals surface area (Å²) in [6, 6.07) is 16.7. The lowest BCUT2D eigenvalue weighted by atomic mass is 10.2. The molecule has 0 spiro atoms. The molecule has 1 atom stereocenters. The van der Waals surface area contributed by atoms with E-state index in [0.717, 1.165) is 11.1 Å². The Hall–Kier alpha value is -2.44. The number of fused-ring (bicyclic) bond motifs is 1. The lowest BCUT2D eigenvalue weighted by Gasteiger charge is -2.07. The zero-order valence-corrected chi connectivity index (χ0v) is 14.0. The van der Waals surface area contributed by atoms with E-state index in [1.807, 2.05) is 61.5 Å². The number of rotatable bonds is 6. The fraction of sp³-hybridized carbons (Fsp3) is 0.167. The normalized spacial score (nSPS) is 13.5. The van der Waals surface area contributed by atoms with Crippen molar-refractivity contribution in [2.75, 3.05) is 6.54 Å². The predicted molar refractivity (Wildman–Crippen MR) is 94.8 cm³/mol. The molecule has 1 N–H and O–H groups in total. The van der Waals surface area contributed by atoms with Crippen molar-refractivity contribution in [1.29, 1.82) is 0 Å². The van der Waals surface area contributed by atoms with Crippen LogP contribution in [0.4, 0.5) is 0 Å². The summed E-state index contributed by atoms with van der Waals surface area (Å²) in [4.78, 5) is 4.39. The topological polar surface area (TPSA) is 72.2 Å². The van der Waals surface area contributed by atoms with Crippen LogP contribution in [0.15, 0.2) is 64.4 Å². The summed E-state index contributed by atoms with van der Waals surface area (Å²) in [6.45, 7) is 2.09. The third kappa shape index (κ3) is 4.10. The molecule has 0 bridgehead atoms. The number of para-hydroxylation sites is 2. The predicted octanol–water partition coefficient (Wildman–Crippen LogP) is 3.52. The second kappa shape index (κ2) is 6.98. The van der Waals surface area contributed by atoms with Crippen molar-refractivity contribution in [2.24, 2.45) is 0 Å². The molecule has 3 rings (SSSR count). The van der Waals surface area contributed by atoms with Gasteiger partial charge in [0.05, 0.1) is 0 Å². The van der Waals surface area contributed by atoms with E-state index in [4.69, 9.17) is 4.42 Å². The van der Waals surface area contributed by atoms with E-state index in [-0.39, 0.29) is 12.5 Å². The van der Waals surface area contributed by atoms with Crippen LogP contribution in [0.5, 0.6) is 0 Å². The highest BCUT2D eigenvalue weighted by molar-refractivity contribution is 7.92. The third-order valence-electron chi connectivity index (χ3n) is 3.56. The van der Waals surface area contributed by atoms with Gasteiger partial charge in [-0.1, -0.05) is 49.4 Å². The largest absolute Gasteiger partial charge is 0.440 e. The van der Waals surface area contributed by atoms with E-state index >= 15 is 0 Å². The van der Waals surface area contributed by atoms with Crippen LogP contribution < -0.4 is 4.72 Å². The maximum Gasteiger partial charge on any atom is 0.233 e. The maximum atomic E-state index is 12.1. The van der Waals surface area contributed by atoms with E-state index in [2.05, 4.69) is 9.71 Å². The first-order chi connectivity index (χ1) is 11.5. The third-order valence-corrected chi connectivity index (χ3v) is 4.63. The summed E-state index contributed by atoms with van der Waals surface area (Å²) in [5.74, 6) is 0.350. The number of hydrogen-bond acceptors (Lipinski definition) is 4. The van der Waals surface area contributed by atoms with Gasteiger partial charge in [-0.05, 0) is 23.8 Å². The van der Waals surface area contributed by atoms with Gasteiger partial charge in [0.1, 0.15) is 5.52 Å². The van der Waals surface area contributed by atoms with E-state index in [9.17, 15) is 8.42 Å². The Morgan fingerprint density at radius 2 is 1.83 bits per heavy atom. The summed E-state index contributed by atoms with van der Waals surface area (Å²) in [7, 11) is -3.51. The van der Waals surface area contributed by atoms with Crippen molar-refractivity contribution < 1.29 is 12.8 Å². The van der Waals surface area contributed by atoms with E-state index in [0.29, 0.717) is 11.5 Å². The molecule has 124 valence electrons. The van der Waals surface area contributed by atoms with Gasteiger partial charge < -0.3 is 4.42 Å². The second-order valence-corrected chi connectivity index (χ2v) is 7.18. The Morgan fingerprint density at radius 1 is 1.12 bits per heavy atom. The Labute approximate surface area is 141 Å². The van der Waals surface area contributed by atoms with E-state index in [1.54, 1.807) is 6.08 Å². The number of oxazole rings is 1. The van der Waals surface area contributed by atoms with Crippen LogP contribution in [-0.2, 0) is 10.0 Å². The summed E-state index contributed by atoms with van der Waals surface area (Å²) < 4.78 is 32.3. The molecule has 6 heteroatoms. The molecular weight excluding hydrogens is 324 g/mol. The second-order valence-electron chi connectivity index (χ2n) is 5.53. The van der Waals surface area contributed by atoms with Crippen molar-refractivity contribution >= 4 is 27.2 Å². The monoisotopic (exact) mass is 342 g/mol. The minimum atomic E-state index is -3.51. The van der Waals surface area contributed by atoms with Gasteiger partial charge in [-0.25, -0.2) is 18.1 Å². The number of nitrogens with one attached hydrogen (secondary N) is 1. The van der Waals surface area contributed by atoms with Crippen molar-refractivity contribution in [3.63, 3.8) is 0 Å². The van der Waals surface area contributed by atoms with Gasteiger partial charge in [0, 0.05) is 17.9 Å². The fourth-order valence-electron chi connectivity index (χ4n) is 2.21. The highest BCUT2D eigenvalue weighted by Crippen LogP contribution is 2.20. The molecule has 24 heavy (non-hydrogen) atoms. The Bertz CT molecular complexity index is 914. The van der Waals surface area contributed by atoms with Crippen LogP contribution in [0.3, 0.4) is 0 Å². The molecule has 2 aromatic carbocycles. The van der Waals surface area contributed by atoms with Gasteiger partial charge in [-0.3, -0.25) is 0 Å². The summed E-state index contributed by atoms with van der Waals surface area (Å²) in [6.07, 6.45) is 1.56. The Balaban J connectivity index is 1.64. The highest BCUT2D eigenvalue weighted by Gasteiger charge is 2.15. The molecule has 0 saturated carbocycles. The Kier molecular flexibility index (Phi) is 4.78. The maximum absolute atomic E-state index is 12.1. The Morgan fingerprint density at radius 3 is 2.58 bits per heavy atom. The molecule has 1 aromatic heterocycles. The molecule has 0 amide bonds. The van der Waals surface area contributed by atoms with Gasteiger partial charge in [0.25, 0.3) is 0 Å². The lowest BCUT2D eigenvalue weighted by molar-refractivity contribution is 0.481. The standard InChI is InChI=1S/C18H18N2O3S/c1-14(18-20-16-9-5-6-10-17(16)23-18)13-19-24(21,22)12-11-15-7-3-2-4-8-15/h2-12,14,19H,13H2,1H3/b12-11-/t14-/m1/s1. The minimum absolute atomic E-state index is 0.169. The molecule has 3 aromatic rings.